The smallest absolute Gasteiger partial charge is 0.246 e. The molecule has 0 aromatic heterocycles. The average molecular weight is 313 g/mol. The first kappa shape index (κ1) is 15.1. The van der Waals surface area contributed by atoms with Gasteiger partial charge in [-0.15, -0.1) is 0 Å². The third kappa shape index (κ3) is 3.51. The molecule has 0 N–H and O–H groups in total. The molecule has 0 spiro atoms. The Bertz CT molecular complexity index is 758. The maximum atomic E-state index is 13.6. The molecule has 0 unspecified atom stereocenters. The maximum Gasteiger partial charge on any atom is 0.246 e. The first-order valence-corrected chi connectivity index (χ1v) is 7.20. The Morgan fingerprint density at radius 1 is 1.22 bits per heavy atom. The molecule has 0 saturated heterocycles. The van der Waals surface area contributed by atoms with Crippen molar-refractivity contribution >= 4 is 12.0 Å². The van der Waals surface area contributed by atoms with Crippen LogP contribution in [0.3, 0.4) is 0 Å². The van der Waals surface area contributed by atoms with Gasteiger partial charge in [-0.2, -0.15) is 0 Å². The van der Waals surface area contributed by atoms with E-state index in [0.29, 0.717) is 17.1 Å². The zero-order chi connectivity index (χ0) is 16.2. The largest absolute Gasteiger partial charge is 0.454 e. The second-order valence-electron chi connectivity index (χ2n) is 5.23. The van der Waals surface area contributed by atoms with Gasteiger partial charge in [0.1, 0.15) is 5.82 Å². The molecular formula is C18H16FNO3. The molecule has 0 saturated carbocycles. The van der Waals surface area contributed by atoms with Crippen LogP contribution in [0.15, 0.2) is 48.5 Å². The molecule has 1 aliphatic heterocycles. The van der Waals surface area contributed by atoms with E-state index in [2.05, 4.69) is 0 Å². The molecule has 1 heterocycles. The second kappa shape index (κ2) is 6.52. The lowest BCUT2D eigenvalue weighted by Crippen LogP contribution is -2.24. The van der Waals surface area contributed by atoms with Crippen LogP contribution in [0.5, 0.6) is 11.5 Å². The molecule has 4 nitrogen and oxygen atoms in total. The number of ether oxygens (including phenoxy) is 2. The lowest BCUT2D eigenvalue weighted by molar-refractivity contribution is -0.125. The van der Waals surface area contributed by atoms with Crippen LogP contribution in [0.25, 0.3) is 6.08 Å². The summed E-state index contributed by atoms with van der Waals surface area (Å²) in [7, 11) is 1.64. The molecule has 0 radical (unpaired) electrons. The summed E-state index contributed by atoms with van der Waals surface area (Å²) in [5.41, 5.74) is 1.32. The van der Waals surface area contributed by atoms with E-state index >= 15 is 0 Å². The highest BCUT2D eigenvalue weighted by Gasteiger charge is 2.13. The number of likely N-dealkylation sites (N-methyl/N-ethyl adjacent to an activating group) is 1. The molecule has 2 aromatic rings. The number of amides is 1. The van der Waals surface area contributed by atoms with E-state index in [4.69, 9.17) is 9.47 Å². The lowest BCUT2D eigenvalue weighted by Gasteiger charge is -2.15. The molecule has 0 bridgehead atoms. The zero-order valence-corrected chi connectivity index (χ0v) is 12.7. The fraction of sp³-hybridized carbons (Fsp3) is 0.167. The van der Waals surface area contributed by atoms with Gasteiger partial charge in [0, 0.05) is 25.2 Å². The highest BCUT2D eigenvalue weighted by atomic mass is 19.1. The van der Waals surface area contributed by atoms with Crippen LogP contribution in [-0.4, -0.2) is 24.6 Å². The number of hydrogen-bond donors (Lipinski definition) is 0. The number of hydrogen-bond acceptors (Lipinski definition) is 3. The van der Waals surface area contributed by atoms with Gasteiger partial charge >= 0.3 is 0 Å². The number of nitrogens with zero attached hydrogens (tertiary/aromatic N) is 1. The Kier molecular flexibility index (Phi) is 4.28. The molecule has 118 valence electrons. The quantitative estimate of drug-likeness (QED) is 0.814. The Morgan fingerprint density at radius 2 is 2.00 bits per heavy atom. The van der Waals surface area contributed by atoms with E-state index in [1.54, 1.807) is 37.4 Å². The van der Waals surface area contributed by atoms with Crippen molar-refractivity contribution in [2.45, 2.75) is 6.54 Å². The first-order valence-electron chi connectivity index (χ1n) is 7.20. The molecule has 3 rings (SSSR count). The molecule has 23 heavy (non-hydrogen) atoms. The average Bonchev–Trinajstić information content (AvgIpc) is 3.02. The van der Waals surface area contributed by atoms with E-state index in [9.17, 15) is 9.18 Å². The zero-order valence-electron chi connectivity index (χ0n) is 12.7. The van der Waals surface area contributed by atoms with Crippen LogP contribution >= 0.6 is 0 Å². The molecule has 5 heteroatoms. The second-order valence-corrected chi connectivity index (χ2v) is 5.23. The number of halogens is 1. The van der Waals surface area contributed by atoms with E-state index in [0.717, 1.165) is 5.56 Å². The monoisotopic (exact) mass is 313 g/mol. The van der Waals surface area contributed by atoms with Crippen LogP contribution in [0.1, 0.15) is 11.1 Å². The summed E-state index contributed by atoms with van der Waals surface area (Å²) in [6, 6.07) is 11.9. The summed E-state index contributed by atoms with van der Waals surface area (Å²) in [6.07, 6.45) is 3.15. The van der Waals surface area contributed by atoms with Gasteiger partial charge in [0.05, 0.1) is 0 Å². The topological polar surface area (TPSA) is 38.8 Å². The highest BCUT2D eigenvalue weighted by molar-refractivity contribution is 5.91. The first-order chi connectivity index (χ1) is 11.1. The Morgan fingerprint density at radius 3 is 2.83 bits per heavy atom. The minimum atomic E-state index is -0.313. The molecule has 1 amide bonds. The Balaban J connectivity index is 1.65. The maximum absolute atomic E-state index is 13.6. The molecule has 2 aromatic carbocycles. The number of carbonyl (C=O) groups is 1. The van der Waals surface area contributed by atoms with Crippen molar-refractivity contribution < 1.29 is 18.7 Å². The normalized spacial score (nSPS) is 12.6. The van der Waals surface area contributed by atoms with Crippen molar-refractivity contribution in [3.63, 3.8) is 0 Å². The van der Waals surface area contributed by atoms with Gasteiger partial charge in [-0.3, -0.25) is 4.79 Å². The van der Waals surface area contributed by atoms with Crippen LogP contribution in [-0.2, 0) is 11.3 Å². The van der Waals surface area contributed by atoms with E-state index in [1.807, 2.05) is 12.1 Å². The van der Waals surface area contributed by atoms with Crippen LogP contribution < -0.4 is 9.47 Å². The molecule has 0 fully saturated rings. The van der Waals surface area contributed by atoms with Gasteiger partial charge in [0.25, 0.3) is 0 Å². The van der Waals surface area contributed by atoms with Gasteiger partial charge in [0.15, 0.2) is 11.5 Å². The molecule has 1 aliphatic rings. The SMILES string of the molecule is CN(Cc1ccccc1F)C(=O)/C=C/c1ccc2c(c1)OCO2. The van der Waals surface area contributed by atoms with Crippen LogP contribution in [0.4, 0.5) is 4.39 Å². The Hall–Kier alpha value is -2.82. The van der Waals surface area contributed by atoms with Gasteiger partial charge in [-0.1, -0.05) is 24.3 Å². The summed E-state index contributed by atoms with van der Waals surface area (Å²) >= 11 is 0. The fourth-order valence-electron chi connectivity index (χ4n) is 2.27. The van der Waals surface area contributed by atoms with E-state index in [-0.39, 0.29) is 25.1 Å². The van der Waals surface area contributed by atoms with Crippen LogP contribution in [0, 0.1) is 5.82 Å². The van der Waals surface area contributed by atoms with Crippen molar-refractivity contribution in [3.05, 3.63) is 65.5 Å². The van der Waals surface area contributed by atoms with Gasteiger partial charge in [0.2, 0.25) is 12.7 Å². The molecular weight excluding hydrogens is 297 g/mol. The van der Waals surface area contributed by atoms with E-state index < -0.39 is 0 Å². The molecule has 0 aliphatic carbocycles. The third-order valence-electron chi connectivity index (χ3n) is 3.56. The van der Waals surface area contributed by atoms with Crippen molar-refractivity contribution in [1.29, 1.82) is 0 Å². The van der Waals surface area contributed by atoms with Gasteiger partial charge in [-0.05, 0) is 29.8 Å². The predicted octanol–water partition coefficient (Wildman–Crippen LogP) is 3.23. The lowest BCUT2D eigenvalue weighted by atomic mass is 10.1. The van der Waals surface area contributed by atoms with Crippen molar-refractivity contribution in [1.82, 2.24) is 4.90 Å². The number of carbonyl (C=O) groups excluding carboxylic acids is 1. The number of fused-ring (bicyclic) bond motifs is 1. The van der Waals surface area contributed by atoms with Gasteiger partial charge < -0.3 is 14.4 Å². The summed E-state index contributed by atoms with van der Waals surface area (Å²) in [5.74, 6) is 0.849. The van der Waals surface area contributed by atoms with Crippen LogP contribution in [0.2, 0.25) is 0 Å². The highest BCUT2D eigenvalue weighted by Crippen LogP contribution is 2.32. The van der Waals surface area contributed by atoms with E-state index in [1.165, 1.54) is 17.0 Å². The minimum Gasteiger partial charge on any atom is -0.454 e. The summed E-state index contributed by atoms with van der Waals surface area (Å²) in [4.78, 5) is 13.6. The number of rotatable bonds is 4. The van der Waals surface area contributed by atoms with Gasteiger partial charge in [-0.25, -0.2) is 4.39 Å². The van der Waals surface area contributed by atoms with Crippen molar-refractivity contribution in [3.8, 4) is 11.5 Å². The molecule has 0 atom stereocenters. The number of benzene rings is 2. The summed E-state index contributed by atoms with van der Waals surface area (Å²) in [6.45, 7) is 0.434. The van der Waals surface area contributed by atoms with Crippen molar-refractivity contribution in [2.24, 2.45) is 0 Å². The Labute approximate surface area is 133 Å². The standard InChI is InChI=1S/C18H16FNO3/c1-20(11-14-4-2-3-5-15(14)19)18(21)9-7-13-6-8-16-17(10-13)23-12-22-16/h2-10H,11-12H2,1H3/b9-7+. The summed E-state index contributed by atoms with van der Waals surface area (Å²) < 4.78 is 24.1. The predicted molar refractivity (Wildman–Crippen MR) is 84.5 cm³/mol. The summed E-state index contributed by atoms with van der Waals surface area (Å²) in [5, 5.41) is 0. The third-order valence-corrected chi connectivity index (χ3v) is 3.56. The van der Waals surface area contributed by atoms with Crippen molar-refractivity contribution in [2.75, 3.05) is 13.8 Å². The minimum absolute atomic E-state index is 0.203. The fourth-order valence-corrected chi connectivity index (χ4v) is 2.27.